The van der Waals surface area contributed by atoms with Crippen LogP contribution in [0.2, 0.25) is 5.02 Å². The van der Waals surface area contributed by atoms with Crippen molar-refractivity contribution in [3.05, 3.63) is 76.6 Å². The lowest BCUT2D eigenvalue weighted by molar-refractivity contribution is 0.0954. The van der Waals surface area contributed by atoms with Gasteiger partial charge in [-0.25, -0.2) is 4.39 Å². The van der Waals surface area contributed by atoms with Crippen LogP contribution in [0.1, 0.15) is 15.9 Å². The van der Waals surface area contributed by atoms with Gasteiger partial charge in [-0.1, -0.05) is 29.8 Å². The highest BCUT2D eigenvalue weighted by Gasteiger charge is 2.12. The van der Waals surface area contributed by atoms with Crippen molar-refractivity contribution in [1.29, 1.82) is 0 Å². The van der Waals surface area contributed by atoms with Crippen LogP contribution >= 0.6 is 11.6 Å². The lowest BCUT2D eigenvalue weighted by Gasteiger charge is -2.09. The number of methoxy groups -OCH3 is 1. The molecule has 7 heteroatoms. The molecule has 0 spiro atoms. The van der Waals surface area contributed by atoms with E-state index in [0.29, 0.717) is 35.1 Å². The topological polar surface area (TPSA) is 64.1 Å². The smallest absolute Gasteiger partial charge is 0.252 e. The van der Waals surface area contributed by atoms with Crippen LogP contribution < -0.4 is 10.1 Å². The predicted molar refractivity (Wildman–Crippen MR) is 101 cm³/mol. The summed E-state index contributed by atoms with van der Waals surface area (Å²) in [5, 5.41) is 11.1. The quantitative estimate of drug-likeness (QED) is 0.698. The number of halogens is 2. The molecule has 3 rings (SSSR count). The maximum Gasteiger partial charge on any atom is 0.252 e. The molecule has 0 atom stereocenters. The summed E-state index contributed by atoms with van der Waals surface area (Å²) in [5.74, 6) is -0.132. The summed E-state index contributed by atoms with van der Waals surface area (Å²) in [4.78, 5) is 12.3. The van der Waals surface area contributed by atoms with Gasteiger partial charge in [0.1, 0.15) is 5.82 Å². The molecular formula is C20H17ClFN3O2. The Balaban J connectivity index is 1.63. The van der Waals surface area contributed by atoms with E-state index in [1.54, 1.807) is 42.5 Å². The van der Waals surface area contributed by atoms with Crippen molar-refractivity contribution in [3.63, 3.8) is 0 Å². The minimum absolute atomic E-state index is 0.269. The van der Waals surface area contributed by atoms with Crippen molar-refractivity contribution in [2.24, 2.45) is 0 Å². The van der Waals surface area contributed by atoms with Gasteiger partial charge in [-0.05, 0) is 42.3 Å². The molecule has 0 aliphatic carbocycles. The average Bonchev–Trinajstić information content (AvgIpc) is 2.69. The number of rotatable bonds is 6. The second-order valence-corrected chi connectivity index (χ2v) is 6.20. The molecular weight excluding hydrogens is 369 g/mol. The molecule has 2 aromatic carbocycles. The van der Waals surface area contributed by atoms with Crippen molar-refractivity contribution in [3.8, 4) is 17.1 Å². The monoisotopic (exact) mass is 385 g/mol. The van der Waals surface area contributed by atoms with Crippen LogP contribution in [0.5, 0.6) is 5.88 Å². The average molecular weight is 386 g/mol. The van der Waals surface area contributed by atoms with Crippen molar-refractivity contribution >= 4 is 17.5 Å². The first kappa shape index (κ1) is 18.8. The van der Waals surface area contributed by atoms with E-state index in [9.17, 15) is 9.18 Å². The van der Waals surface area contributed by atoms with E-state index in [1.807, 2.05) is 0 Å². The molecule has 0 unspecified atom stereocenters. The number of nitrogens with one attached hydrogen (secondary N) is 1. The highest BCUT2D eigenvalue weighted by molar-refractivity contribution is 6.34. The van der Waals surface area contributed by atoms with Gasteiger partial charge in [0.05, 0.1) is 23.4 Å². The van der Waals surface area contributed by atoms with Gasteiger partial charge in [0, 0.05) is 18.2 Å². The maximum atomic E-state index is 12.9. The van der Waals surface area contributed by atoms with Crippen LogP contribution in [0.4, 0.5) is 4.39 Å². The molecule has 0 fully saturated rings. The van der Waals surface area contributed by atoms with Crippen LogP contribution in [0.25, 0.3) is 11.3 Å². The summed E-state index contributed by atoms with van der Waals surface area (Å²) < 4.78 is 17.9. The van der Waals surface area contributed by atoms with Crippen molar-refractivity contribution in [2.45, 2.75) is 6.42 Å². The van der Waals surface area contributed by atoms with Gasteiger partial charge in [-0.15, -0.1) is 10.2 Å². The number of benzene rings is 2. The summed E-state index contributed by atoms with van der Waals surface area (Å²) in [5.41, 5.74) is 2.69. The van der Waals surface area contributed by atoms with E-state index in [2.05, 4.69) is 15.5 Å². The molecule has 1 N–H and O–H groups in total. The molecule has 1 amide bonds. The van der Waals surface area contributed by atoms with Gasteiger partial charge in [0.15, 0.2) is 0 Å². The molecule has 138 valence electrons. The Labute approximate surface area is 161 Å². The second-order valence-electron chi connectivity index (χ2n) is 5.79. The second kappa shape index (κ2) is 8.60. The fraction of sp³-hybridized carbons (Fsp3) is 0.150. The molecule has 0 aliphatic heterocycles. The maximum absolute atomic E-state index is 12.9. The number of nitrogens with zero attached hydrogens (tertiary/aromatic N) is 2. The predicted octanol–water partition coefficient (Wildman–Crippen LogP) is 3.92. The lowest BCUT2D eigenvalue weighted by Crippen LogP contribution is -2.26. The SMILES string of the molecule is COc1ccc(-c2ccc(C(=O)NCCc3ccc(F)cc3)c(Cl)c2)nn1. The van der Waals surface area contributed by atoms with E-state index in [1.165, 1.54) is 19.2 Å². The van der Waals surface area contributed by atoms with Crippen LogP contribution in [0.3, 0.4) is 0 Å². The Morgan fingerprint density at radius 3 is 2.52 bits per heavy atom. The summed E-state index contributed by atoms with van der Waals surface area (Å²) in [6, 6.07) is 14.7. The Morgan fingerprint density at radius 2 is 1.89 bits per heavy atom. The Hall–Kier alpha value is -2.99. The zero-order valence-electron chi connectivity index (χ0n) is 14.6. The molecule has 1 heterocycles. The lowest BCUT2D eigenvalue weighted by atomic mass is 10.1. The minimum atomic E-state index is -0.281. The van der Waals surface area contributed by atoms with Gasteiger partial charge >= 0.3 is 0 Å². The van der Waals surface area contributed by atoms with Gasteiger partial charge < -0.3 is 10.1 Å². The van der Waals surface area contributed by atoms with Gasteiger partial charge in [0.2, 0.25) is 5.88 Å². The number of hydrogen-bond acceptors (Lipinski definition) is 4. The van der Waals surface area contributed by atoms with Crippen molar-refractivity contribution in [2.75, 3.05) is 13.7 Å². The molecule has 1 aromatic heterocycles. The molecule has 27 heavy (non-hydrogen) atoms. The summed E-state index contributed by atoms with van der Waals surface area (Å²) >= 11 is 6.27. The molecule has 0 saturated carbocycles. The Bertz CT molecular complexity index is 931. The van der Waals surface area contributed by atoms with Crippen molar-refractivity contribution in [1.82, 2.24) is 15.5 Å². The number of carbonyl (C=O) groups is 1. The third-order valence-electron chi connectivity index (χ3n) is 3.97. The molecule has 3 aromatic rings. The first-order valence-electron chi connectivity index (χ1n) is 8.27. The number of carbonyl (C=O) groups excluding carboxylic acids is 1. The molecule has 5 nitrogen and oxygen atoms in total. The van der Waals surface area contributed by atoms with E-state index in [4.69, 9.17) is 16.3 Å². The van der Waals surface area contributed by atoms with Crippen LogP contribution in [-0.4, -0.2) is 29.8 Å². The van der Waals surface area contributed by atoms with Gasteiger partial charge in [0.25, 0.3) is 5.91 Å². The highest BCUT2D eigenvalue weighted by atomic mass is 35.5. The fourth-order valence-corrected chi connectivity index (χ4v) is 2.77. The van der Waals surface area contributed by atoms with Gasteiger partial charge in [-0.3, -0.25) is 4.79 Å². The number of ether oxygens (including phenoxy) is 1. The molecule has 0 saturated heterocycles. The Kier molecular flexibility index (Phi) is 5.98. The number of hydrogen-bond donors (Lipinski definition) is 1. The zero-order valence-corrected chi connectivity index (χ0v) is 15.3. The zero-order chi connectivity index (χ0) is 19.2. The standard InChI is InChI=1S/C20H17ClFN3O2/c1-27-19-9-8-18(24-25-19)14-4-7-16(17(21)12-14)20(26)23-11-10-13-2-5-15(22)6-3-13/h2-9,12H,10-11H2,1H3,(H,23,26). The number of amides is 1. The van der Waals surface area contributed by atoms with E-state index >= 15 is 0 Å². The molecule has 0 bridgehead atoms. The van der Waals surface area contributed by atoms with E-state index in [0.717, 1.165) is 11.1 Å². The molecule has 0 aliphatic rings. The van der Waals surface area contributed by atoms with Crippen molar-refractivity contribution < 1.29 is 13.9 Å². The number of aromatic nitrogens is 2. The summed E-state index contributed by atoms with van der Waals surface area (Å²) in [6.07, 6.45) is 0.600. The first-order valence-corrected chi connectivity index (χ1v) is 8.65. The molecule has 0 radical (unpaired) electrons. The highest BCUT2D eigenvalue weighted by Crippen LogP contribution is 2.24. The summed E-state index contributed by atoms with van der Waals surface area (Å²) in [7, 11) is 1.52. The third-order valence-corrected chi connectivity index (χ3v) is 4.28. The van der Waals surface area contributed by atoms with Crippen LogP contribution in [0, 0.1) is 5.82 Å². The van der Waals surface area contributed by atoms with E-state index < -0.39 is 0 Å². The summed E-state index contributed by atoms with van der Waals surface area (Å²) in [6.45, 7) is 0.423. The fourth-order valence-electron chi connectivity index (χ4n) is 2.51. The van der Waals surface area contributed by atoms with Gasteiger partial charge in [-0.2, -0.15) is 0 Å². The van der Waals surface area contributed by atoms with Crippen LogP contribution in [0.15, 0.2) is 54.6 Å². The first-order chi connectivity index (χ1) is 13.1. The third kappa shape index (κ3) is 4.80. The van der Waals surface area contributed by atoms with E-state index in [-0.39, 0.29) is 11.7 Å². The van der Waals surface area contributed by atoms with Crippen LogP contribution in [-0.2, 0) is 6.42 Å². The largest absolute Gasteiger partial charge is 0.480 e. The normalized spacial score (nSPS) is 10.5. The Morgan fingerprint density at radius 1 is 1.11 bits per heavy atom. The minimum Gasteiger partial charge on any atom is -0.480 e.